The minimum Gasteiger partial charge on any atom is -0.337 e. The Hall–Kier alpha value is -3.96. The van der Waals surface area contributed by atoms with Crippen LogP contribution >= 0.6 is 11.6 Å². The molecule has 0 saturated heterocycles. The van der Waals surface area contributed by atoms with Gasteiger partial charge in [0.2, 0.25) is 11.8 Å². The lowest BCUT2D eigenvalue weighted by atomic mass is 9.99. The summed E-state index contributed by atoms with van der Waals surface area (Å²) in [6, 6.07) is 25.2. The molecule has 0 unspecified atom stereocenters. The van der Waals surface area contributed by atoms with Crippen LogP contribution in [0.5, 0.6) is 0 Å². The summed E-state index contributed by atoms with van der Waals surface area (Å²) in [4.78, 5) is 16.9. The summed E-state index contributed by atoms with van der Waals surface area (Å²) in [5.41, 5.74) is 3.83. The maximum atomic E-state index is 12.8. The molecule has 2 heterocycles. The van der Waals surface area contributed by atoms with Gasteiger partial charge in [-0.05, 0) is 46.2 Å². The molecule has 5 rings (SSSR count). The van der Waals surface area contributed by atoms with Gasteiger partial charge in [-0.15, -0.1) is 0 Å². The number of aromatic nitrogens is 2. The second kappa shape index (κ2) is 8.65. The predicted octanol–water partition coefficient (Wildman–Crippen LogP) is 6.39. The maximum Gasteiger partial charge on any atom is 0.239 e. The summed E-state index contributed by atoms with van der Waals surface area (Å²) in [7, 11) is 0. The van der Waals surface area contributed by atoms with Crippen LogP contribution in [-0.4, -0.2) is 16.0 Å². The van der Waals surface area contributed by atoms with Crippen LogP contribution in [0.15, 0.2) is 95.8 Å². The summed E-state index contributed by atoms with van der Waals surface area (Å²) < 4.78 is 5.62. The normalized spacial score (nSPS) is 10.9. The molecule has 0 aliphatic carbocycles. The Bertz CT molecular complexity index is 1410. The van der Waals surface area contributed by atoms with E-state index in [9.17, 15) is 4.79 Å². The summed E-state index contributed by atoms with van der Waals surface area (Å²) >= 11 is 6.21. The van der Waals surface area contributed by atoms with Crippen molar-refractivity contribution in [2.75, 3.05) is 5.32 Å². The lowest BCUT2D eigenvalue weighted by molar-refractivity contribution is -0.115. The van der Waals surface area contributed by atoms with E-state index in [1.165, 1.54) is 0 Å². The number of hydrogen-bond acceptors (Lipinski definition) is 4. The van der Waals surface area contributed by atoms with E-state index >= 15 is 0 Å². The van der Waals surface area contributed by atoms with E-state index in [1.807, 2.05) is 54.6 Å². The number of carbonyl (C=O) groups is 1. The molecule has 1 amide bonds. The number of rotatable bonds is 5. The number of hydrogen-bond donors (Lipinski definition) is 1. The van der Waals surface area contributed by atoms with Crippen LogP contribution in [0.4, 0.5) is 5.88 Å². The first-order valence-electron chi connectivity index (χ1n) is 10.1. The van der Waals surface area contributed by atoms with Gasteiger partial charge in [-0.25, -0.2) is 0 Å². The Morgan fingerprint density at radius 2 is 1.62 bits per heavy atom. The van der Waals surface area contributed by atoms with Crippen molar-refractivity contribution in [3.63, 3.8) is 0 Å². The first-order valence-corrected chi connectivity index (χ1v) is 10.5. The van der Waals surface area contributed by atoms with E-state index in [2.05, 4.69) is 33.7 Å². The highest BCUT2D eigenvalue weighted by molar-refractivity contribution is 6.31. The minimum atomic E-state index is -0.241. The van der Waals surface area contributed by atoms with Crippen molar-refractivity contribution < 1.29 is 9.32 Å². The topological polar surface area (TPSA) is 68.0 Å². The van der Waals surface area contributed by atoms with Gasteiger partial charge >= 0.3 is 0 Å². The Labute approximate surface area is 189 Å². The van der Waals surface area contributed by atoms with Gasteiger partial charge in [-0.1, -0.05) is 71.4 Å². The quantitative estimate of drug-likeness (QED) is 0.344. The Kier molecular flexibility index (Phi) is 5.40. The average molecular weight is 440 g/mol. The molecule has 6 heteroatoms. The third-order valence-electron chi connectivity index (χ3n) is 5.25. The molecule has 0 atom stereocenters. The molecule has 0 spiro atoms. The van der Waals surface area contributed by atoms with Crippen molar-refractivity contribution in [3.8, 4) is 22.4 Å². The molecule has 0 bridgehead atoms. The highest BCUT2D eigenvalue weighted by atomic mass is 35.5. The molecule has 0 fully saturated rings. The Balaban J connectivity index is 1.54. The van der Waals surface area contributed by atoms with Gasteiger partial charge < -0.3 is 4.52 Å². The van der Waals surface area contributed by atoms with Crippen LogP contribution in [0.2, 0.25) is 5.02 Å². The van der Waals surface area contributed by atoms with Crippen molar-refractivity contribution in [1.82, 2.24) is 10.1 Å². The van der Waals surface area contributed by atoms with Crippen LogP contribution in [-0.2, 0) is 11.2 Å². The van der Waals surface area contributed by atoms with Crippen LogP contribution in [0.1, 0.15) is 5.56 Å². The summed E-state index contributed by atoms with van der Waals surface area (Å²) in [5.74, 6) is 0.0472. The number of fused-ring (bicyclic) bond motifs is 1. The molecule has 32 heavy (non-hydrogen) atoms. The molecule has 0 saturated carbocycles. The van der Waals surface area contributed by atoms with Gasteiger partial charge in [0, 0.05) is 23.0 Å². The fourth-order valence-electron chi connectivity index (χ4n) is 3.68. The fraction of sp³-hybridized carbons (Fsp3) is 0.0385. The zero-order valence-corrected chi connectivity index (χ0v) is 17.7. The summed E-state index contributed by atoms with van der Waals surface area (Å²) in [6.07, 6.45) is 3.52. The largest absolute Gasteiger partial charge is 0.337 e. The monoisotopic (exact) mass is 439 g/mol. The van der Waals surface area contributed by atoms with Gasteiger partial charge in [0.05, 0.1) is 12.0 Å². The van der Waals surface area contributed by atoms with Crippen molar-refractivity contribution in [2.24, 2.45) is 0 Å². The van der Waals surface area contributed by atoms with Crippen molar-refractivity contribution in [2.45, 2.75) is 6.42 Å². The second-order valence-corrected chi connectivity index (χ2v) is 7.76. The lowest BCUT2D eigenvalue weighted by Gasteiger charge is -2.08. The highest BCUT2D eigenvalue weighted by Gasteiger charge is 2.21. The van der Waals surface area contributed by atoms with E-state index in [4.69, 9.17) is 16.1 Å². The molecule has 1 N–H and O–H groups in total. The van der Waals surface area contributed by atoms with E-state index in [-0.39, 0.29) is 18.2 Å². The molecule has 5 nitrogen and oxygen atoms in total. The molecule has 5 aromatic rings. The zero-order valence-electron chi connectivity index (χ0n) is 17.0. The number of halogens is 1. The fourth-order valence-corrected chi connectivity index (χ4v) is 3.88. The number of nitrogens with one attached hydrogen (secondary N) is 1. The standard InChI is InChI=1S/C26H18ClN3O2/c27-22-8-4-3-7-20(22)16-23(31)29-26-24(18-11-13-28-14-12-18)25(30-32-26)21-10-9-17-5-1-2-6-19(17)15-21/h1-15H,16H2,(H,29,31). The first-order chi connectivity index (χ1) is 15.7. The number of nitrogens with zero attached hydrogens (tertiary/aromatic N) is 2. The molecular weight excluding hydrogens is 422 g/mol. The average Bonchev–Trinajstić information content (AvgIpc) is 3.24. The van der Waals surface area contributed by atoms with E-state index in [1.54, 1.807) is 18.5 Å². The summed E-state index contributed by atoms with van der Waals surface area (Å²) in [6.45, 7) is 0. The van der Waals surface area contributed by atoms with Gasteiger partial charge in [0.25, 0.3) is 0 Å². The molecule has 0 aliphatic rings. The molecule has 0 radical (unpaired) electrons. The number of amides is 1. The van der Waals surface area contributed by atoms with E-state index < -0.39 is 0 Å². The van der Waals surface area contributed by atoms with Crippen LogP contribution in [0, 0.1) is 0 Å². The third-order valence-corrected chi connectivity index (χ3v) is 5.61. The number of pyridine rings is 1. The van der Waals surface area contributed by atoms with Crippen LogP contribution in [0.3, 0.4) is 0 Å². The predicted molar refractivity (Wildman–Crippen MR) is 126 cm³/mol. The van der Waals surface area contributed by atoms with E-state index in [0.717, 1.165) is 27.5 Å². The maximum absolute atomic E-state index is 12.8. The second-order valence-electron chi connectivity index (χ2n) is 7.35. The lowest BCUT2D eigenvalue weighted by Crippen LogP contribution is -2.14. The molecule has 3 aromatic carbocycles. The van der Waals surface area contributed by atoms with E-state index in [0.29, 0.717) is 16.3 Å². The van der Waals surface area contributed by atoms with Crippen LogP contribution in [0.25, 0.3) is 33.2 Å². The SMILES string of the molecule is O=C(Cc1ccccc1Cl)Nc1onc(-c2ccc3ccccc3c2)c1-c1ccncc1. The third kappa shape index (κ3) is 3.98. The number of anilines is 1. The molecule has 156 valence electrons. The Morgan fingerprint density at radius 1 is 0.875 bits per heavy atom. The van der Waals surface area contributed by atoms with Gasteiger partial charge in [0.1, 0.15) is 5.69 Å². The zero-order chi connectivity index (χ0) is 21.9. The van der Waals surface area contributed by atoms with Crippen molar-refractivity contribution in [3.05, 3.63) is 102 Å². The smallest absolute Gasteiger partial charge is 0.239 e. The molecule has 0 aliphatic heterocycles. The van der Waals surface area contributed by atoms with Gasteiger partial charge in [0.15, 0.2) is 0 Å². The van der Waals surface area contributed by atoms with Gasteiger partial charge in [-0.2, -0.15) is 0 Å². The number of benzene rings is 3. The van der Waals surface area contributed by atoms with Crippen LogP contribution < -0.4 is 5.32 Å². The van der Waals surface area contributed by atoms with Gasteiger partial charge in [-0.3, -0.25) is 15.1 Å². The van der Waals surface area contributed by atoms with Crippen molar-refractivity contribution >= 4 is 34.2 Å². The summed E-state index contributed by atoms with van der Waals surface area (Å²) in [5, 5.41) is 9.96. The molecule has 2 aromatic heterocycles. The highest BCUT2D eigenvalue weighted by Crippen LogP contribution is 2.38. The first kappa shape index (κ1) is 20.0. The molecular formula is C26H18ClN3O2. The van der Waals surface area contributed by atoms with Crippen molar-refractivity contribution in [1.29, 1.82) is 0 Å². The number of carbonyl (C=O) groups excluding carboxylic acids is 1. The minimum absolute atomic E-state index is 0.126. The Morgan fingerprint density at radius 3 is 2.44 bits per heavy atom.